The summed E-state index contributed by atoms with van der Waals surface area (Å²) >= 11 is 6.13. The Kier molecular flexibility index (Phi) is 4.92. The van der Waals surface area contributed by atoms with Crippen molar-refractivity contribution in [2.45, 2.75) is 33.2 Å². The summed E-state index contributed by atoms with van der Waals surface area (Å²) in [6.45, 7) is 5.81. The largest absolute Gasteiger partial charge is 0.495 e. The monoisotopic (exact) mass is 372 g/mol. The van der Waals surface area contributed by atoms with E-state index in [-0.39, 0.29) is 18.2 Å². The summed E-state index contributed by atoms with van der Waals surface area (Å²) in [5.41, 5.74) is 4.21. The molecule has 6 heteroatoms. The summed E-state index contributed by atoms with van der Waals surface area (Å²) < 4.78 is 5.32. The highest BCUT2D eigenvalue weighted by molar-refractivity contribution is 6.32. The third kappa shape index (κ3) is 3.40. The van der Waals surface area contributed by atoms with Gasteiger partial charge < -0.3 is 10.1 Å². The van der Waals surface area contributed by atoms with Gasteiger partial charge in [-0.15, -0.1) is 0 Å². The first kappa shape index (κ1) is 18.3. The van der Waals surface area contributed by atoms with Gasteiger partial charge in [-0.25, -0.2) is 4.90 Å². The van der Waals surface area contributed by atoms with Crippen LogP contribution >= 0.6 is 11.6 Å². The summed E-state index contributed by atoms with van der Waals surface area (Å²) in [7, 11) is 1.49. The van der Waals surface area contributed by atoms with Crippen LogP contribution in [-0.4, -0.2) is 25.0 Å². The van der Waals surface area contributed by atoms with Crippen LogP contribution < -0.4 is 15.0 Å². The quantitative estimate of drug-likeness (QED) is 0.823. The molecule has 2 amide bonds. The molecule has 2 aromatic rings. The predicted octanol–water partition coefficient (Wildman–Crippen LogP) is 4.02. The maximum atomic E-state index is 12.9. The minimum atomic E-state index is -0.607. The highest BCUT2D eigenvalue weighted by Crippen LogP contribution is 2.36. The lowest BCUT2D eigenvalue weighted by Gasteiger charge is -2.20. The van der Waals surface area contributed by atoms with Gasteiger partial charge in [-0.1, -0.05) is 17.7 Å². The number of ether oxygens (including phenoxy) is 1. The van der Waals surface area contributed by atoms with Crippen LogP contribution in [0.3, 0.4) is 0 Å². The molecule has 0 bridgehead atoms. The van der Waals surface area contributed by atoms with Crippen molar-refractivity contribution in [1.29, 1.82) is 0 Å². The number of hydrogen-bond acceptors (Lipinski definition) is 4. The van der Waals surface area contributed by atoms with Gasteiger partial charge in [0.25, 0.3) is 5.91 Å². The van der Waals surface area contributed by atoms with Gasteiger partial charge in [0.2, 0.25) is 5.91 Å². The molecule has 3 rings (SSSR count). The van der Waals surface area contributed by atoms with Gasteiger partial charge in [-0.05, 0) is 55.7 Å². The van der Waals surface area contributed by atoms with Gasteiger partial charge in [0.1, 0.15) is 11.8 Å². The zero-order valence-corrected chi connectivity index (χ0v) is 16.0. The lowest BCUT2D eigenvalue weighted by molar-refractivity contribution is -0.121. The third-order valence-electron chi connectivity index (χ3n) is 4.41. The van der Waals surface area contributed by atoms with Gasteiger partial charge in [0, 0.05) is 16.8 Å². The van der Waals surface area contributed by atoms with Crippen LogP contribution in [0, 0.1) is 20.8 Å². The van der Waals surface area contributed by atoms with Crippen molar-refractivity contribution in [2.24, 2.45) is 0 Å². The van der Waals surface area contributed by atoms with Gasteiger partial charge in [-0.2, -0.15) is 0 Å². The van der Waals surface area contributed by atoms with E-state index in [4.69, 9.17) is 16.3 Å². The number of nitrogens with one attached hydrogen (secondary N) is 1. The summed E-state index contributed by atoms with van der Waals surface area (Å²) in [5.74, 6) is -0.166. The van der Waals surface area contributed by atoms with Gasteiger partial charge in [0.05, 0.1) is 19.2 Å². The molecule has 0 spiro atoms. The van der Waals surface area contributed by atoms with Crippen LogP contribution in [0.2, 0.25) is 5.02 Å². The molecular weight excluding hydrogens is 352 g/mol. The molecule has 1 N–H and O–H groups in total. The zero-order valence-electron chi connectivity index (χ0n) is 15.2. The van der Waals surface area contributed by atoms with E-state index in [2.05, 4.69) is 11.4 Å². The van der Waals surface area contributed by atoms with Crippen LogP contribution in [0.1, 0.15) is 23.1 Å². The zero-order chi connectivity index (χ0) is 19.0. The molecule has 1 heterocycles. The van der Waals surface area contributed by atoms with Crippen molar-refractivity contribution in [1.82, 2.24) is 0 Å². The number of imide groups is 1. The average molecular weight is 373 g/mol. The molecule has 2 aromatic carbocycles. The first-order chi connectivity index (χ1) is 12.3. The molecule has 1 fully saturated rings. The van der Waals surface area contributed by atoms with E-state index in [1.165, 1.54) is 12.0 Å². The lowest BCUT2D eigenvalue weighted by atomic mass is 10.1. The van der Waals surface area contributed by atoms with E-state index >= 15 is 0 Å². The Hall–Kier alpha value is -2.53. The molecule has 1 aliphatic rings. The van der Waals surface area contributed by atoms with Crippen molar-refractivity contribution in [3.63, 3.8) is 0 Å². The van der Waals surface area contributed by atoms with Crippen molar-refractivity contribution >= 4 is 34.8 Å². The number of carbonyl (C=O) groups excluding carboxylic acids is 2. The lowest BCUT2D eigenvalue weighted by Crippen LogP contribution is -2.35. The molecule has 0 saturated carbocycles. The number of nitrogens with zero attached hydrogens (tertiary/aromatic N) is 1. The smallest absolute Gasteiger partial charge is 0.256 e. The van der Waals surface area contributed by atoms with E-state index in [9.17, 15) is 9.59 Å². The van der Waals surface area contributed by atoms with Crippen LogP contribution in [0.5, 0.6) is 5.75 Å². The average Bonchev–Trinajstić information content (AvgIpc) is 2.82. The number of rotatable bonds is 4. The minimum absolute atomic E-state index is 0.0939. The molecule has 5 nitrogen and oxygen atoms in total. The van der Waals surface area contributed by atoms with E-state index in [0.29, 0.717) is 16.5 Å². The number of carbonyl (C=O) groups is 2. The number of halogens is 1. The first-order valence-corrected chi connectivity index (χ1v) is 8.73. The van der Waals surface area contributed by atoms with Gasteiger partial charge >= 0.3 is 0 Å². The van der Waals surface area contributed by atoms with Crippen LogP contribution in [0.4, 0.5) is 11.4 Å². The molecule has 1 saturated heterocycles. The topological polar surface area (TPSA) is 58.6 Å². The number of hydrogen-bond donors (Lipinski definition) is 1. The van der Waals surface area contributed by atoms with E-state index in [1.807, 2.05) is 32.9 Å². The second kappa shape index (κ2) is 7.00. The van der Waals surface area contributed by atoms with Crippen LogP contribution in [0.15, 0.2) is 30.3 Å². The number of benzene rings is 2. The number of anilines is 2. The first-order valence-electron chi connectivity index (χ1n) is 8.36. The Labute approximate surface area is 157 Å². The second-order valence-electron chi connectivity index (χ2n) is 6.62. The molecule has 26 heavy (non-hydrogen) atoms. The Morgan fingerprint density at radius 2 is 1.73 bits per heavy atom. The Balaban J connectivity index is 1.91. The molecule has 0 aromatic heterocycles. The van der Waals surface area contributed by atoms with Crippen molar-refractivity contribution in [3.8, 4) is 5.75 Å². The highest BCUT2D eigenvalue weighted by Gasteiger charge is 2.41. The molecule has 0 aliphatic carbocycles. The van der Waals surface area contributed by atoms with Crippen LogP contribution in [-0.2, 0) is 9.59 Å². The standard InChI is InChI=1S/C20H21ClN2O3/c1-11-5-12(2)7-14(6-11)22-16-10-19(24)23(20(16)25)17-8-13(3)15(21)9-18(17)26-4/h5-9,16,22H,10H2,1-4H3/t16-/m1/s1. The SMILES string of the molecule is COc1cc(Cl)c(C)cc1N1C(=O)C[C@@H](Nc2cc(C)cc(C)c2)C1=O. The van der Waals surface area contributed by atoms with Crippen molar-refractivity contribution in [2.75, 3.05) is 17.3 Å². The molecule has 136 valence electrons. The fourth-order valence-electron chi connectivity index (χ4n) is 3.24. The number of aryl methyl sites for hydroxylation is 3. The molecule has 0 radical (unpaired) electrons. The molecule has 0 unspecified atom stereocenters. The molecule has 1 atom stereocenters. The van der Waals surface area contributed by atoms with Gasteiger partial charge in [0.15, 0.2) is 0 Å². The minimum Gasteiger partial charge on any atom is -0.495 e. The second-order valence-corrected chi connectivity index (χ2v) is 7.03. The maximum Gasteiger partial charge on any atom is 0.256 e. The number of amides is 2. The van der Waals surface area contributed by atoms with Crippen LogP contribution in [0.25, 0.3) is 0 Å². The van der Waals surface area contributed by atoms with Crippen molar-refractivity contribution < 1.29 is 14.3 Å². The third-order valence-corrected chi connectivity index (χ3v) is 4.82. The highest BCUT2D eigenvalue weighted by atomic mass is 35.5. The summed E-state index contributed by atoms with van der Waals surface area (Å²) in [4.78, 5) is 26.7. The maximum absolute atomic E-state index is 12.9. The summed E-state index contributed by atoms with van der Waals surface area (Å²) in [6, 6.07) is 8.69. The van der Waals surface area contributed by atoms with E-state index < -0.39 is 6.04 Å². The fourth-order valence-corrected chi connectivity index (χ4v) is 3.40. The summed E-state index contributed by atoms with van der Waals surface area (Å²) in [6.07, 6.45) is 0.0939. The Morgan fingerprint density at radius 1 is 1.08 bits per heavy atom. The Morgan fingerprint density at radius 3 is 2.35 bits per heavy atom. The Bertz CT molecular complexity index is 875. The molecule has 1 aliphatic heterocycles. The normalized spacial score (nSPS) is 17.0. The predicted molar refractivity (Wildman–Crippen MR) is 103 cm³/mol. The fraction of sp³-hybridized carbons (Fsp3) is 0.300. The van der Waals surface area contributed by atoms with E-state index in [0.717, 1.165) is 22.4 Å². The summed E-state index contributed by atoms with van der Waals surface area (Å²) in [5, 5.41) is 3.71. The van der Waals surface area contributed by atoms with E-state index in [1.54, 1.807) is 12.1 Å². The number of methoxy groups -OCH3 is 1. The van der Waals surface area contributed by atoms with Gasteiger partial charge in [-0.3, -0.25) is 9.59 Å². The molecular formula is C20H21ClN2O3. The van der Waals surface area contributed by atoms with Crippen molar-refractivity contribution in [3.05, 3.63) is 52.0 Å².